The molecule has 2 atom stereocenters. The van der Waals surface area contributed by atoms with Crippen LogP contribution in [0.1, 0.15) is 31.4 Å². The number of carboxylic acid groups (broad SMARTS) is 1. The molecule has 1 heterocycles. The Morgan fingerprint density at radius 2 is 2.15 bits per heavy atom. The van der Waals surface area contributed by atoms with Crippen LogP contribution in [-0.2, 0) is 11.0 Å². The van der Waals surface area contributed by atoms with Gasteiger partial charge in [-0.25, -0.2) is 9.97 Å². The Hall–Kier alpha value is -1.86. The van der Waals surface area contributed by atoms with Gasteiger partial charge in [-0.1, -0.05) is 6.42 Å². The number of carbonyl (C=O) groups is 1. The second-order valence-corrected chi connectivity index (χ2v) is 4.81. The summed E-state index contributed by atoms with van der Waals surface area (Å²) in [5.74, 6) is -1.45. The monoisotopic (exact) mass is 289 g/mol. The molecule has 1 aliphatic rings. The van der Waals surface area contributed by atoms with Crippen molar-refractivity contribution in [3.05, 3.63) is 18.0 Å². The van der Waals surface area contributed by atoms with E-state index in [2.05, 4.69) is 15.3 Å². The average molecular weight is 289 g/mol. The summed E-state index contributed by atoms with van der Waals surface area (Å²) in [6.45, 7) is 0. The first kappa shape index (κ1) is 14.5. The quantitative estimate of drug-likeness (QED) is 0.894. The first-order chi connectivity index (χ1) is 9.36. The topological polar surface area (TPSA) is 75.1 Å². The maximum absolute atomic E-state index is 12.5. The molecule has 0 amide bonds. The second-order valence-electron chi connectivity index (χ2n) is 4.81. The number of alkyl halides is 3. The van der Waals surface area contributed by atoms with Gasteiger partial charge in [-0.3, -0.25) is 4.79 Å². The van der Waals surface area contributed by atoms with Gasteiger partial charge in [0.15, 0.2) is 0 Å². The summed E-state index contributed by atoms with van der Waals surface area (Å²) < 4.78 is 37.6. The van der Waals surface area contributed by atoms with Crippen molar-refractivity contribution in [2.45, 2.75) is 37.9 Å². The molecule has 1 aliphatic carbocycles. The maximum Gasteiger partial charge on any atom is 0.433 e. The van der Waals surface area contributed by atoms with Crippen LogP contribution in [0.25, 0.3) is 0 Å². The number of halogens is 3. The van der Waals surface area contributed by atoms with Crippen LogP contribution < -0.4 is 5.32 Å². The lowest BCUT2D eigenvalue weighted by Crippen LogP contribution is -2.31. The number of hydrogen-bond acceptors (Lipinski definition) is 4. The van der Waals surface area contributed by atoms with Crippen LogP contribution in [0.2, 0.25) is 0 Å². The van der Waals surface area contributed by atoms with Gasteiger partial charge in [-0.05, 0) is 25.3 Å². The Morgan fingerprint density at radius 1 is 1.40 bits per heavy atom. The van der Waals surface area contributed by atoms with Crippen LogP contribution in [0.15, 0.2) is 12.3 Å². The fourth-order valence-corrected chi connectivity index (χ4v) is 2.31. The molecular formula is C12H14F3N3O2. The van der Waals surface area contributed by atoms with E-state index >= 15 is 0 Å². The summed E-state index contributed by atoms with van der Waals surface area (Å²) in [6.07, 6.45) is -1.10. The van der Waals surface area contributed by atoms with E-state index < -0.39 is 23.8 Å². The zero-order valence-corrected chi connectivity index (χ0v) is 10.5. The van der Waals surface area contributed by atoms with Crippen molar-refractivity contribution in [1.29, 1.82) is 0 Å². The third-order valence-corrected chi connectivity index (χ3v) is 3.30. The lowest BCUT2D eigenvalue weighted by atomic mass is 9.86. The first-order valence-electron chi connectivity index (χ1n) is 6.26. The van der Waals surface area contributed by atoms with Gasteiger partial charge in [-0.2, -0.15) is 13.2 Å². The number of rotatable bonds is 3. The molecule has 5 nitrogen and oxygen atoms in total. The minimum absolute atomic E-state index is 0.115. The number of aliphatic carboxylic acids is 1. The SMILES string of the molecule is O=C(O)C1CCCC(Nc2nccc(C(F)(F)F)n2)C1. The van der Waals surface area contributed by atoms with E-state index in [1.807, 2.05) is 0 Å². The van der Waals surface area contributed by atoms with Crippen molar-refractivity contribution in [3.8, 4) is 0 Å². The van der Waals surface area contributed by atoms with Gasteiger partial charge in [0.25, 0.3) is 0 Å². The minimum atomic E-state index is -4.52. The Labute approximate surface area is 113 Å². The largest absolute Gasteiger partial charge is 0.481 e. The van der Waals surface area contributed by atoms with E-state index in [1.165, 1.54) is 0 Å². The van der Waals surface area contributed by atoms with Gasteiger partial charge in [0.05, 0.1) is 5.92 Å². The Bertz CT molecular complexity index is 493. The summed E-state index contributed by atoms with van der Waals surface area (Å²) in [6, 6.07) is 0.583. The highest BCUT2D eigenvalue weighted by Gasteiger charge is 2.33. The molecule has 1 fully saturated rings. The van der Waals surface area contributed by atoms with Crippen molar-refractivity contribution in [2.75, 3.05) is 5.32 Å². The number of anilines is 1. The highest BCUT2D eigenvalue weighted by molar-refractivity contribution is 5.70. The lowest BCUT2D eigenvalue weighted by molar-refractivity contribution is -0.143. The smallest absolute Gasteiger partial charge is 0.433 e. The predicted molar refractivity (Wildman–Crippen MR) is 64.0 cm³/mol. The molecule has 0 saturated heterocycles. The van der Waals surface area contributed by atoms with Gasteiger partial charge in [0, 0.05) is 12.2 Å². The van der Waals surface area contributed by atoms with Gasteiger partial charge in [0.1, 0.15) is 5.69 Å². The van der Waals surface area contributed by atoms with Gasteiger partial charge in [0.2, 0.25) is 5.95 Å². The van der Waals surface area contributed by atoms with Crippen LogP contribution in [-0.4, -0.2) is 27.1 Å². The Morgan fingerprint density at radius 3 is 2.80 bits per heavy atom. The summed E-state index contributed by atoms with van der Waals surface area (Å²) in [4.78, 5) is 18.1. The molecule has 0 radical (unpaired) electrons. The summed E-state index contributed by atoms with van der Waals surface area (Å²) in [5, 5.41) is 11.8. The van der Waals surface area contributed by atoms with E-state index in [0.29, 0.717) is 25.7 Å². The standard InChI is InChI=1S/C12H14F3N3O2/c13-12(14,15)9-4-5-16-11(18-9)17-8-3-1-2-7(6-8)10(19)20/h4-5,7-8H,1-3,6H2,(H,19,20)(H,16,17,18). The molecule has 0 aromatic carbocycles. The average Bonchev–Trinajstić information content (AvgIpc) is 2.38. The van der Waals surface area contributed by atoms with Gasteiger partial charge < -0.3 is 10.4 Å². The molecule has 1 saturated carbocycles. The highest BCUT2D eigenvalue weighted by Crippen LogP contribution is 2.29. The van der Waals surface area contributed by atoms with Crippen molar-refractivity contribution in [2.24, 2.45) is 5.92 Å². The number of hydrogen-bond donors (Lipinski definition) is 2. The third-order valence-electron chi connectivity index (χ3n) is 3.30. The fraction of sp³-hybridized carbons (Fsp3) is 0.583. The minimum Gasteiger partial charge on any atom is -0.481 e. The van der Waals surface area contributed by atoms with Crippen molar-refractivity contribution < 1.29 is 23.1 Å². The Kier molecular flexibility index (Phi) is 4.10. The van der Waals surface area contributed by atoms with Crippen molar-refractivity contribution >= 4 is 11.9 Å². The molecule has 20 heavy (non-hydrogen) atoms. The summed E-state index contributed by atoms with van der Waals surface area (Å²) in [7, 11) is 0. The van der Waals surface area contributed by atoms with Crippen molar-refractivity contribution in [1.82, 2.24) is 9.97 Å². The molecule has 2 unspecified atom stereocenters. The zero-order chi connectivity index (χ0) is 14.8. The summed E-state index contributed by atoms with van der Waals surface area (Å²) in [5.41, 5.74) is -1.01. The van der Waals surface area contributed by atoms with Gasteiger partial charge in [-0.15, -0.1) is 0 Å². The maximum atomic E-state index is 12.5. The summed E-state index contributed by atoms with van der Waals surface area (Å²) >= 11 is 0. The predicted octanol–water partition coefficient (Wildman–Crippen LogP) is 2.55. The molecule has 0 spiro atoms. The van der Waals surface area contributed by atoms with Crippen LogP contribution >= 0.6 is 0 Å². The number of nitrogens with one attached hydrogen (secondary N) is 1. The van der Waals surface area contributed by atoms with Crippen LogP contribution in [0.3, 0.4) is 0 Å². The lowest BCUT2D eigenvalue weighted by Gasteiger charge is -2.27. The molecule has 0 bridgehead atoms. The van der Waals surface area contributed by atoms with E-state index in [0.717, 1.165) is 12.3 Å². The Balaban J connectivity index is 2.04. The van der Waals surface area contributed by atoms with E-state index in [1.54, 1.807) is 0 Å². The number of aromatic nitrogens is 2. The van der Waals surface area contributed by atoms with Crippen LogP contribution in [0.5, 0.6) is 0 Å². The molecule has 0 aliphatic heterocycles. The zero-order valence-electron chi connectivity index (χ0n) is 10.5. The van der Waals surface area contributed by atoms with E-state index in [-0.39, 0.29) is 12.0 Å². The second kappa shape index (κ2) is 5.64. The molecule has 110 valence electrons. The molecule has 8 heteroatoms. The molecule has 2 N–H and O–H groups in total. The molecule has 1 aromatic rings. The van der Waals surface area contributed by atoms with E-state index in [9.17, 15) is 18.0 Å². The fourth-order valence-electron chi connectivity index (χ4n) is 2.31. The van der Waals surface area contributed by atoms with Crippen LogP contribution in [0.4, 0.5) is 19.1 Å². The molecule has 2 rings (SSSR count). The van der Waals surface area contributed by atoms with E-state index in [4.69, 9.17) is 5.11 Å². The van der Waals surface area contributed by atoms with Gasteiger partial charge >= 0.3 is 12.1 Å². The van der Waals surface area contributed by atoms with Crippen LogP contribution in [0, 0.1) is 5.92 Å². The number of nitrogens with zero attached hydrogens (tertiary/aromatic N) is 2. The van der Waals surface area contributed by atoms with Crippen molar-refractivity contribution in [3.63, 3.8) is 0 Å². The normalized spacial score (nSPS) is 23.4. The third kappa shape index (κ3) is 3.58. The first-order valence-corrected chi connectivity index (χ1v) is 6.26. The number of carboxylic acids is 1. The highest BCUT2D eigenvalue weighted by atomic mass is 19.4. The molecular weight excluding hydrogens is 275 g/mol. The molecule has 1 aromatic heterocycles.